The molecule has 0 nitrogen and oxygen atoms in total. The molecule has 0 amide bonds. The first kappa shape index (κ1) is 9.31. The molecule has 66 valence electrons. The highest BCUT2D eigenvalue weighted by molar-refractivity contribution is 8.38. The van der Waals surface area contributed by atoms with E-state index in [9.17, 15) is 0 Å². The fraction of sp³-hybridized carbons (Fsp3) is 0.100. The average molecular weight is 224 g/mol. The molecule has 0 atom stereocenters. The van der Waals surface area contributed by atoms with Crippen LogP contribution >= 0.6 is 35.7 Å². The van der Waals surface area contributed by atoms with E-state index in [0.29, 0.717) is 0 Å². The van der Waals surface area contributed by atoms with Crippen LogP contribution in [0.2, 0.25) is 0 Å². The van der Waals surface area contributed by atoms with Gasteiger partial charge in [-0.1, -0.05) is 54.3 Å². The van der Waals surface area contributed by atoms with Crippen molar-refractivity contribution in [2.45, 2.75) is 0 Å². The van der Waals surface area contributed by atoms with Crippen molar-refractivity contribution in [1.82, 2.24) is 0 Å². The minimum atomic E-state index is 1.02. The van der Waals surface area contributed by atoms with Crippen LogP contribution in [0.1, 0.15) is 5.56 Å². The van der Waals surface area contributed by atoms with Gasteiger partial charge >= 0.3 is 0 Å². The molecule has 3 heteroatoms. The van der Waals surface area contributed by atoms with Crippen molar-refractivity contribution in [1.29, 1.82) is 0 Å². The van der Waals surface area contributed by atoms with Crippen molar-refractivity contribution in [3.63, 3.8) is 0 Å². The minimum absolute atomic E-state index is 1.02. The number of thioether (sulfide) groups is 2. The van der Waals surface area contributed by atoms with Gasteiger partial charge < -0.3 is 0 Å². The molecule has 1 aliphatic rings. The maximum atomic E-state index is 5.22. The molecule has 0 radical (unpaired) electrons. The van der Waals surface area contributed by atoms with Crippen LogP contribution in [0.25, 0.3) is 5.57 Å². The second-order valence-electron chi connectivity index (χ2n) is 2.62. The molecule has 0 N–H and O–H groups in total. The summed E-state index contributed by atoms with van der Waals surface area (Å²) < 4.78 is 2.37. The Kier molecular flexibility index (Phi) is 2.77. The molecule has 0 bridgehead atoms. The molecule has 0 spiro atoms. The molecule has 0 saturated heterocycles. The number of hydrogen-bond acceptors (Lipinski definition) is 3. The zero-order valence-electron chi connectivity index (χ0n) is 7.11. The van der Waals surface area contributed by atoms with Crippen molar-refractivity contribution in [3.8, 4) is 0 Å². The molecule has 1 heterocycles. The van der Waals surface area contributed by atoms with Crippen LogP contribution in [-0.4, -0.2) is 10.5 Å². The summed E-state index contributed by atoms with van der Waals surface area (Å²) in [6, 6.07) is 10.3. The molecule has 0 aromatic heterocycles. The van der Waals surface area contributed by atoms with Crippen molar-refractivity contribution < 1.29 is 0 Å². The summed E-state index contributed by atoms with van der Waals surface area (Å²) in [4.78, 5) is 0. The lowest BCUT2D eigenvalue weighted by atomic mass is 10.1. The normalized spacial score (nSPS) is 15.9. The van der Waals surface area contributed by atoms with E-state index in [1.54, 1.807) is 23.5 Å². The first-order valence-corrected chi connectivity index (χ1v) is 6.33. The standard InChI is InChI=1S/C10H8S3/c1-12-10-8(9(11)13-10)7-5-3-2-4-6-7/h2-6H,1H3. The molecular weight excluding hydrogens is 216 g/mol. The van der Waals surface area contributed by atoms with Crippen LogP contribution in [-0.2, 0) is 0 Å². The molecule has 0 unspecified atom stereocenters. The molecule has 1 aromatic rings. The highest BCUT2D eigenvalue weighted by Gasteiger charge is 2.24. The van der Waals surface area contributed by atoms with Gasteiger partial charge in [-0.05, 0) is 11.8 Å². The zero-order valence-corrected chi connectivity index (χ0v) is 9.56. The monoisotopic (exact) mass is 224 g/mol. The van der Waals surface area contributed by atoms with Gasteiger partial charge in [0, 0.05) is 5.57 Å². The van der Waals surface area contributed by atoms with Crippen molar-refractivity contribution >= 4 is 45.5 Å². The highest BCUT2D eigenvalue weighted by Crippen LogP contribution is 2.47. The first-order chi connectivity index (χ1) is 6.33. The summed E-state index contributed by atoms with van der Waals surface area (Å²) in [5.41, 5.74) is 2.50. The van der Waals surface area contributed by atoms with Crippen molar-refractivity contribution in [2.24, 2.45) is 0 Å². The Morgan fingerprint density at radius 1 is 1.23 bits per heavy atom. The van der Waals surface area contributed by atoms with Gasteiger partial charge in [-0.3, -0.25) is 0 Å². The SMILES string of the molecule is CSC1=C(c2ccccc2)C(=S)S1. The highest BCUT2D eigenvalue weighted by atomic mass is 32.2. The lowest BCUT2D eigenvalue weighted by Gasteiger charge is -2.22. The molecule has 0 fully saturated rings. The zero-order chi connectivity index (χ0) is 9.26. The fourth-order valence-corrected chi connectivity index (χ4v) is 3.70. The van der Waals surface area contributed by atoms with Gasteiger partial charge in [-0.2, -0.15) is 0 Å². The summed E-state index contributed by atoms with van der Waals surface area (Å²) >= 11 is 8.70. The van der Waals surface area contributed by atoms with Crippen molar-refractivity contribution in [2.75, 3.05) is 6.26 Å². The van der Waals surface area contributed by atoms with Gasteiger partial charge in [0.15, 0.2) is 0 Å². The molecular formula is C10H8S3. The van der Waals surface area contributed by atoms with E-state index in [0.717, 1.165) is 4.20 Å². The average Bonchev–Trinajstić information content (AvgIpc) is 2.15. The van der Waals surface area contributed by atoms with Crippen LogP contribution in [0, 0.1) is 0 Å². The van der Waals surface area contributed by atoms with Crippen LogP contribution in [0.3, 0.4) is 0 Å². The number of thiocarbonyl (C=S) groups is 1. The van der Waals surface area contributed by atoms with E-state index in [1.807, 2.05) is 18.2 Å². The van der Waals surface area contributed by atoms with E-state index < -0.39 is 0 Å². The topological polar surface area (TPSA) is 0 Å². The summed E-state index contributed by atoms with van der Waals surface area (Å²) in [5.74, 6) is 0. The van der Waals surface area contributed by atoms with E-state index in [-0.39, 0.29) is 0 Å². The Labute approximate surface area is 91.8 Å². The van der Waals surface area contributed by atoms with Crippen LogP contribution in [0.5, 0.6) is 0 Å². The molecule has 0 saturated carbocycles. The fourth-order valence-electron chi connectivity index (χ4n) is 1.21. The number of hydrogen-bond donors (Lipinski definition) is 0. The van der Waals surface area contributed by atoms with Crippen LogP contribution in [0.4, 0.5) is 0 Å². The largest absolute Gasteiger partial charge is 0.122 e. The lowest BCUT2D eigenvalue weighted by molar-refractivity contribution is 1.64. The summed E-state index contributed by atoms with van der Waals surface area (Å²) in [6.07, 6.45) is 2.09. The predicted octanol–water partition coefficient (Wildman–Crippen LogP) is 3.79. The first-order valence-electron chi connectivity index (χ1n) is 3.89. The third-order valence-corrected chi connectivity index (χ3v) is 4.40. The number of rotatable bonds is 2. The Morgan fingerprint density at radius 3 is 2.46 bits per heavy atom. The quantitative estimate of drug-likeness (QED) is 0.701. The second kappa shape index (κ2) is 3.86. The van der Waals surface area contributed by atoms with E-state index in [4.69, 9.17) is 12.2 Å². The van der Waals surface area contributed by atoms with Crippen LogP contribution in [0.15, 0.2) is 34.6 Å². The van der Waals surface area contributed by atoms with E-state index in [1.165, 1.54) is 15.4 Å². The summed E-state index contributed by atoms with van der Waals surface area (Å²) in [7, 11) is 0. The van der Waals surface area contributed by atoms with Gasteiger partial charge in [-0.25, -0.2) is 0 Å². The van der Waals surface area contributed by atoms with E-state index in [2.05, 4.69) is 18.4 Å². The second-order valence-corrected chi connectivity index (χ2v) is 5.38. The Balaban J connectivity index is 2.42. The predicted molar refractivity (Wildman–Crippen MR) is 67.1 cm³/mol. The Bertz CT molecular complexity index is 365. The third-order valence-electron chi connectivity index (χ3n) is 1.84. The van der Waals surface area contributed by atoms with Gasteiger partial charge in [-0.15, -0.1) is 11.8 Å². The minimum Gasteiger partial charge on any atom is -0.122 e. The summed E-state index contributed by atoms with van der Waals surface area (Å²) in [5, 5.41) is 0. The maximum absolute atomic E-state index is 5.22. The van der Waals surface area contributed by atoms with E-state index >= 15 is 0 Å². The van der Waals surface area contributed by atoms with Gasteiger partial charge in [0.05, 0.1) is 8.43 Å². The van der Waals surface area contributed by atoms with Crippen molar-refractivity contribution in [3.05, 3.63) is 40.1 Å². The van der Waals surface area contributed by atoms with Gasteiger partial charge in [0.2, 0.25) is 0 Å². The number of benzene rings is 1. The molecule has 2 rings (SSSR count). The van der Waals surface area contributed by atoms with Crippen LogP contribution < -0.4 is 0 Å². The third kappa shape index (κ3) is 1.68. The molecule has 0 aliphatic carbocycles. The summed E-state index contributed by atoms with van der Waals surface area (Å²) in [6.45, 7) is 0. The van der Waals surface area contributed by atoms with Gasteiger partial charge in [0.25, 0.3) is 0 Å². The Hall–Kier alpha value is -0.250. The molecule has 1 aromatic carbocycles. The lowest BCUT2D eigenvalue weighted by Crippen LogP contribution is -2.05. The smallest absolute Gasteiger partial charge is 0.0853 e. The molecule has 13 heavy (non-hydrogen) atoms. The van der Waals surface area contributed by atoms with Gasteiger partial charge in [0.1, 0.15) is 0 Å². The maximum Gasteiger partial charge on any atom is 0.0853 e. The molecule has 1 aliphatic heterocycles. The Morgan fingerprint density at radius 2 is 1.92 bits per heavy atom.